The Morgan fingerprint density at radius 3 is 2.47 bits per heavy atom. The van der Waals surface area contributed by atoms with Crippen molar-refractivity contribution in [1.29, 1.82) is 0 Å². The third-order valence-corrected chi connectivity index (χ3v) is 3.55. The van der Waals surface area contributed by atoms with Crippen molar-refractivity contribution in [3.05, 3.63) is 0 Å². The second-order valence-electron chi connectivity index (χ2n) is 4.58. The lowest BCUT2D eigenvalue weighted by Gasteiger charge is -2.14. The molecular formula is C9H19N3O4S. The van der Waals surface area contributed by atoms with E-state index in [9.17, 15) is 13.2 Å². The lowest BCUT2D eigenvalue weighted by Crippen LogP contribution is -2.44. The van der Waals surface area contributed by atoms with E-state index in [-0.39, 0.29) is 18.1 Å². The van der Waals surface area contributed by atoms with Gasteiger partial charge in [0, 0.05) is 6.54 Å². The van der Waals surface area contributed by atoms with Gasteiger partial charge in [-0.1, -0.05) is 0 Å². The molecule has 0 saturated heterocycles. The molecule has 17 heavy (non-hydrogen) atoms. The van der Waals surface area contributed by atoms with Crippen molar-refractivity contribution < 1.29 is 17.9 Å². The van der Waals surface area contributed by atoms with Crippen LogP contribution in [0.1, 0.15) is 26.7 Å². The number of carbonyl (C=O) groups excluding carboxylic acids is 1. The van der Waals surface area contributed by atoms with Gasteiger partial charge in [0.05, 0.1) is 6.10 Å². The predicted molar refractivity (Wildman–Crippen MR) is 62.4 cm³/mol. The van der Waals surface area contributed by atoms with Gasteiger partial charge in [-0.2, -0.15) is 13.1 Å². The summed E-state index contributed by atoms with van der Waals surface area (Å²) in [5.74, 6) is 0. The zero-order chi connectivity index (χ0) is 13.1. The Morgan fingerprint density at radius 1 is 1.47 bits per heavy atom. The molecule has 4 N–H and O–H groups in total. The molecule has 0 aromatic rings. The maximum Gasteiger partial charge on any atom is 0.422 e. The topological polar surface area (TPSA) is 111 Å². The molecule has 8 heteroatoms. The SMILES string of the molecule is CC(C)OC(=O)NS(=O)(=O)NCC1(CN)CC1. The largest absolute Gasteiger partial charge is 0.446 e. The van der Waals surface area contributed by atoms with Crippen molar-refractivity contribution in [2.45, 2.75) is 32.8 Å². The Kier molecular flexibility index (Phi) is 4.34. The highest BCUT2D eigenvalue weighted by Crippen LogP contribution is 2.43. The molecule has 0 aliphatic heterocycles. The fraction of sp³-hybridized carbons (Fsp3) is 0.889. The van der Waals surface area contributed by atoms with Crippen LogP contribution >= 0.6 is 0 Å². The zero-order valence-corrected chi connectivity index (χ0v) is 10.8. The minimum atomic E-state index is -3.86. The van der Waals surface area contributed by atoms with E-state index in [1.165, 1.54) is 0 Å². The summed E-state index contributed by atoms with van der Waals surface area (Å²) in [7, 11) is -3.86. The Balaban J connectivity index is 2.38. The lowest BCUT2D eigenvalue weighted by molar-refractivity contribution is 0.121. The van der Waals surface area contributed by atoms with E-state index in [1.54, 1.807) is 18.6 Å². The van der Waals surface area contributed by atoms with E-state index in [0.29, 0.717) is 6.54 Å². The van der Waals surface area contributed by atoms with Gasteiger partial charge in [0.2, 0.25) is 0 Å². The van der Waals surface area contributed by atoms with Crippen LogP contribution in [0.5, 0.6) is 0 Å². The van der Waals surface area contributed by atoms with Gasteiger partial charge in [-0.05, 0) is 38.6 Å². The number of nitrogens with one attached hydrogen (secondary N) is 2. The first-order valence-corrected chi connectivity index (χ1v) is 6.95. The van der Waals surface area contributed by atoms with Crippen molar-refractivity contribution in [2.24, 2.45) is 11.1 Å². The lowest BCUT2D eigenvalue weighted by atomic mass is 10.1. The summed E-state index contributed by atoms with van der Waals surface area (Å²) in [5, 5.41) is 0. The van der Waals surface area contributed by atoms with Gasteiger partial charge in [0.15, 0.2) is 0 Å². The van der Waals surface area contributed by atoms with Crippen LogP contribution in [0.25, 0.3) is 0 Å². The van der Waals surface area contributed by atoms with Gasteiger partial charge in [0.25, 0.3) is 0 Å². The molecule has 0 bridgehead atoms. The highest BCUT2D eigenvalue weighted by molar-refractivity contribution is 7.88. The van der Waals surface area contributed by atoms with Crippen LogP contribution < -0.4 is 15.2 Å². The second kappa shape index (κ2) is 5.19. The molecule has 0 spiro atoms. The van der Waals surface area contributed by atoms with Gasteiger partial charge in [0.1, 0.15) is 0 Å². The third kappa shape index (κ3) is 4.88. The van der Waals surface area contributed by atoms with Crippen LogP contribution in [0, 0.1) is 5.41 Å². The number of amides is 1. The molecule has 0 radical (unpaired) electrons. The molecule has 1 aliphatic carbocycles. The number of hydrogen-bond acceptors (Lipinski definition) is 5. The normalized spacial score (nSPS) is 17.9. The first-order valence-electron chi connectivity index (χ1n) is 5.47. The minimum Gasteiger partial charge on any atom is -0.446 e. The van der Waals surface area contributed by atoms with Gasteiger partial charge in [-0.25, -0.2) is 9.52 Å². The van der Waals surface area contributed by atoms with E-state index in [2.05, 4.69) is 9.46 Å². The Morgan fingerprint density at radius 2 is 2.06 bits per heavy atom. The molecule has 0 aromatic carbocycles. The standard InChI is InChI=1S/C9H19N3O4S/c1-7(2)16-8(13)12-17(14,15)11-6-9(5-10)3-4-9/h7,11H,3-6,10H2,1-2H3,(H,12,13). The zero-order valence-electron chi connectivity index (χ0n) is 10.0. The third-order valence-electron chi connectivity index (χ3n) is 2.59. The number of ether oxygens (including phenoxy) is 1. The van der Waals surface area contributed by atoms with Crippen LogP contribution in [0.15, 0.2) is 0 Å². The first-order chi connectivity index (χ1) is 7.79. The molecule has 1 saturated carbocycles. The van der Waals surface area contributed by atoms with Gasteiger partial charge in [-0.3, -0.25) is 0 Å². The van der Waals surface area contributed by atoms with Crippen LogP contribution in [0.2, 0.25) is 0 Å². The number of rotatable bonds is 6. The molecule has 1 amide bonds. The minimum absolute atomic E-state index is 0.128. The van der Waals surface area contributed by atoms with Crippen molar-refractivity contribution in [2.75, 3.05) is 13.1 Å². The summed E-state index contributed by atoms with van der Waals surface area (Å²) in [6.45, 7) is 3.94. The van der Waals surface area contributed by atoms with Crippen LogP contribution in [0.3, 0.4) is 0 Å². The van der Waals surface area contributed by atoms with Crippen molar-refractivity contribution in [3.8, 4) is 0 Å². The summed E-state index contributed by atoms with van der Waals surface area (Å²) < 4.78 is 31.6. The monoisotopic (exact) mass is 265 g/mol. The Bertz CT molecular complexity index is 376. The molecule has 0 heterocycles. The molecule has 1 aliphatic rings. The van der Waals surface area contributed by atoms with Crippen LogP contribution in [0.4, 0.5) is 4.79 Å². The summed E-state index contributed by atoms with van der Waals surface area (Å²) in [6, 6.07) is 0. The van der Waals surface area contributed by atoms with Crippen molar-refractivity contribution >= 4 is 16.3 Å². The van der Waals surface area contributed by atoms with Crippen molar-refractivity contribution in [3.63, 3.8) is 0 Å². The smallest absolute Gasteiger partial charge is 0.422 e. The predicted octanol–water partition coefficient (Wildman–Crippen LogP) is -0.306. The second-order valence-corrected chi connectivity index (χ2v) is 6.08. The van der Waals surface area contributed by atoms with E-state index < -0.39 is 16.3 Å². The molecule has 1 fully saturated rings. The van der Waals surface area contributed by atoms with Crippen molar-refractivity contribution in [1.82, 2.24) is 9.44 Å². The summed E-state index contributed by atoms with van der Waals surface area (Å²) in [5.41, 5.74) is 5.39. The van der Waals surface area contributed by atoms with E-state index in [1.807, 2.05) is 0 Å². The highest BCUT2D eigenvalue weighted by atomic mass is 32.2. The molecule has 100 valence electrons. The molecule has 0 aromatic heterocycles. The Labute approximate surface area is 101 Å². The molecule has 1 rings (SSSR count). The van der Waals surface area contributed by atoms with E-state index in [4.69, 9.17) is 5.73 Å². The molecule has 7 nitrogen and oxygen atoms in total. The van der Waals surface area contributed by atoms with Gasteiger partial charge >= 0.3 is 16.3 Å². The number of hydrogen-bond donors (Lipinski definition) is 3. The quantitative estimate of drug-likeness (QED) is 0.610. The molecule has 0 atom stereocenters. The van der Waals surface area contributed by atoms with Gasteiger partial charge < -0.3 is 10.5 Å². The molecule has 0 unspecified atom stereocenters. The number of nitrogens with two attached hydrogens (primary N) is 1. The van der Waals surface area contributed by atoms with E-state index >= 15 is 0 Å². The highest BCUT2D eigenvalue weighted by Gasteiger charge is 2.41. The first kappa shape index (κ1) is 14.2. The molecular weight excluding hydrogens is 246 g/mol. The average molecular weight is 265 g/mol. The average Bonchev–Trinajstić information content (AvgIpc) is 2.93. The Hall–Kier alpha value is -0.860. The maximum atomic E-state index is 11.4. The van der Waals surface area contributed by atoms with Crippen LogP contribution in [-0.4, -0.2) is 33.7 Å². The summed E-state index contributed by atoms with van der Waals surface area (Å²) in [6.07, 6.45) is 0.458. The fourth-order valence-corrected chi connectivity index (χ4v) is 2.10. The summed E-state index contributed by atoms with van der Waals surface area (Å²) in [4.78, 5) is 11.1. The number of carbonyl (C=O) groups is 1. The fourth-order valence-electron chi connectivity index (χ4n) is 1.26. The van der Waals surface area contributed by atoms with Gasteiger partial charge in [-0.15, -0.1) is 0 Å². The summed E-state index contributed by atoms with van der Waals surface area (Å²) >= 11 is 0. The maximum absolute atomic E-state index is 11.4. The van der Waals surface area contributed by atoms with E-state index in [0.717, 1.165) is 12.8 Å². The van der Waals surface area contributed by atoms with Crippen LogP contribution in [-0.2, 0) is 14.9 Å².